The van der Waals surface area contributed by atoms with Gasteiger partial charge in [0.1, 0.15) is 0 Å². The van der Waals surface area contributed by atoms with E-state index in [0.717, 1.165) is 12.8 Å². The van der Waals surface area contributed by atoms with Crippen LogP contribution in [0.2, 0.25) is 0 Å². The third kappa shape index (κ3) is 5.98. The summed E-state index contributed by atoms with van der Waals surface area (Å²) in [7, 11) is 0. The number of benzene rings is 1. The molecule has 0 atom stereocenters. The van der Waals surface area contributed by atoms with Crippen LogP contribution in [0.5, 0.6) is 0 Å². The molecule has 2 N–H and O–H groups in total. The standard InChI is InChI=1S/C17H26N2O2/c1-5-6-11-18-15(20)12-19-16(21)13-7-9-14(10-8-13)17(2,3)4/h7-10H,5-6,11-12H2,1-4H3,(H,18,20)(H,19,21). The molecule has 0 bridgehead atoms. The van der Waals surface area contributed by atoms with Gasteiger partial charge in [0.2, 0.25) is 5.91 Å². The third-order valence-electron chi connectivity index (χ3n) is 3.28. The first kappa shape index (κ1) is 17.2. The average Bonchev–Trinajstić information content (AvgIpc) is 2.44. The topological polar surface area (TPSA) is 58.2 Å². The number of unbranched alkanes of at least 4 members (excludes halogenated alkanes) is 1. The molecule has 0 aliphatic carbocycles. The number of rotatable bonds is 6. The van der Waals surface area contributed by atoms with Crippen LogP contribution >= 0.6 is 0 Å². The minimum Gasteiger partial charge on any atom is -0.355 e. The first-order valence-electron chi connectivity index (χ1n) is 7.50. The van der Waals surface area contributed by atoms with Crippen LogP contribution < -0.4 is 10.6 Å². The van der Waals surface area contributed by atoms with Gasteiger partial charge in [-0.05, 0) is 29.5 Å². The quantitative estimate of drug-likeness (QED) is 0.791. The lowest BCUT2D eigenvalue weighted by atomic mass is 9.87. The van der Waals surface area contributed by atoms with Gasteiger partial charge < -0.3 is 10.6 Å². The summed E-state index contributed by atoms with van der Waals surface area (Å²) in [6.45, 7) is 9.12. The lowest BCUT2D eigenvalue weighted by Gasteiger charge is -2.19. The van der Waals surface area contributed by atoms with E-state index in [1.165, 1.54) is 5.56 Å². The molecule has 4 heteroatoms. The molecular weight excluding hydrogens is 264 g/mol. The smallest absolute Gasteiger partial charge is 0.251 e. The van der Waals surface area contributed by atoms with Crippen LogP contribution in [0.1, 0.15) is 56.5 Å². The van der Waals surface area contributed by atoms with E-state index in [9.17, 15) is 9.59 Å². The van der Waals surface area contributed by atoms with Gasteiger partial charge in [0.05, 0.1) is 6.54 Å². The summed E-state index contributed by atoms with van der Waals surface area (Å²) >= 11 is 0. The summed E-state index contributed by atoms with van der Waals surface area (Å²) in [4.78, 5) is 23.5. The maximum Gasteiger partial charge on any atom is 0.251 e. The number of nitrogens with one attached hydrogen (secondary N) is 2. The van der Waals surface area contributed by atoms with Gasteiger partial charge in [0, 0.05) is 12.1 Å². The molecule has 0 aliphatic heterocycles. The molecule has 0 fully saturated rings. The Kier molecular flexibility index (Phi) is 6.40. The lowest BCUT2D eigenvalue weighted by molar-refractivity contribution is -0.120. The van der Waals surface area contributed by atoms with Gasteiger partial charge in [0.25, 0.3) is 5.91 Å². The molecule has 0 unspecified atom stereocenters. The first-order valence-corrected chi connectivity index (χ1v) is 7.50. The van der Waals surface area contributed by atoms with Crippen LogP contribution in [0.3, 0.4) is 0 Å². The number of carbonyl (C=O) groups is 2. The Morgan fingerprint density at radius 2 is 1.67 bits per heavy atom. The van der Waals surface area contributed by atoms with Gasteiger partial charge in [-0.2, -0.15) is 0 Å². The minimum atomic E-state index is -0.221. The van der Waals surface area contributed by atoms with Gasteiger partial charge in [-0.15, -0.1) is 0 Å². The zero-order valence-corrected chi connectivity index (χ0v) is 13.5. The largest absolute Gasteiger partial charge is 0.355 e. The summed E-state index contributed by atoms with van der Waals surface area (Å²) in [6.07, 6.45) is 1.99. The third-order valence-corrected chi connectivity index (χ3v) is 3.28. The predicted molar refractivity (Wildman–Crippen MR) is 85.4 cm³/mol. The lowest BCUT2D eigenvalue weighted by Crippen LogP contribution is -2.37. The molecule has 0 spiro atoms. The Balaban J connectivity index is 2.47. The Hall–Kier alpha value is -1.84. The SMILES string of the molecule is CCCCNC(=O)CNC(=O)c1ccc(C(C)(C)C)cc1. The average molecular weight is 290 g/mol. The van der Waals surface area contributed by atoms with Gasteiger partial charge in [-0.1, -0.05) is 46.2 Å². The molecule has 0 saturated heterocycles. The summed E-state index contributed by atoms with van der Waals surface area (Å²) in [6, 6.07) is 7.50. The zero-order valence-electron chi connectivity index (χ0n) is 13.5. The van der Waals surface area contributed by atoms with E-state index in [0.29, 0.717) is 12.1 Å². The highest BCUT2D eigenvalue weighted by molar-refractivity contribution is 5.96. The van der Waals surface area contributed by atoms with Crippen molar-refractivity contribution in [1.82, 2.24) is 10.6 Å². The van der Waals surface area contributed by atoms with Crippen LogP contribution in [0.15, 0.2) is 24.3 Å². The molecule has 1 rings (SSSR count). The van der Waals surface area contributed by atoms with Crippen molar-refractivity contribution >= 4 is 11.8 Å². The van der Waals surface area contributed by atoms with Gasteiger partial charge in [-0.3, -0.25) is 9.59 Å². The van der Waals surface area contributed by atoms with E-state index < -0.39 is 0 Å². The van der Waals surface area contributed by atoms with Crippen molar-refractivity contribution < 1.29 is 9.59 Å². The van der Waals surface area contributed by atoms with E-state index in [-0.39, 0.29) is 23.8 Å². The maximum atomic E-state index is 11.9. The van der Waals surface area contributed by atoms with Crippen LogP contribution in [0.4, 0.5) is 0 Å². The monoisotopic (exact) mass is 290 g/mol. The van der Waals surface area contributed by atoms with Crippen molar-refractivity contribution in [2.75, 3.05) is 13.1 Å². The first-order chi connectivity index (χ1) is 9.84. The molecule has 1 aromatic rings. The maximum absolute atomic E-state index is 11.9. The van der Waals surface area contributed by atoms with Crippen LogP contribution in [-0.2, 0) is 10.2 Å². The second kappa shape index (κ2) is 7.81. The van der Waals surface area contributed by atoms with Crippen molar-refractivity contribution in [3.63, 3.8) is 0 Å². The van der Waals surface area contributed by atoms with Crippen LogP contribution in [0, 0.1) is 0 Å². The molecule has 0 aliphatic rings. The molecule has 1 aromatic carbocycles. The molecule has 4 nitrogen and oxygen atoms in total. The fourth-order valence-corrected chi connectivity index (χ4v) is 1.85. The number of amides is 2. The second-order valence-corrected chi connectivity index (χ2v) is 6.21. The summed E-state index contributed by atoms with van der Waals surface area (Å²) < 4.78 is 0. The van der Waals surface area contributed by atoms with Crippen LogP contribution in [-0.4, -0.2) is 24.9 Å². The van der Waals surface area contributed by atoms with Crippen molar-refractivity contribution in [1.29, 1.82) is 0 Å². The Labute approximate surface area is 127 Å². The highest BCUT2D eigenvalue weighted by Gasteiger charge is 2.14. The summed E-state index contributed by atoms with van der Waals surface area (Å²) in [5.41, 5.74) is 1.81. The van der Waals surface area contributed by atoms with Crippen molar-refractivity contribution in [2.45, 2.75) is 46.0 Å². The van der Waals surface area contributed by atoms with Crippen molar-refractivity contribution in [3.05, 3.63) is 35.4 Å². The Bertz CT molecular complexity index is 473. The van der Waals surface area contributed by atoms with E-state index in [2.05, 4.69) is 38.3 Å². The van der Waals surface area contributed by atoms with Crippen LogP contribution in [0.25, 0.3) is 0 Å². The molecule has 0 saturated carbocycles. The highest BCUT2D eigenvalue weighted by Crippen LogP contribution is 2.22. The fourth-order valence-electron chi connectivity index (χ4n) is 1.85. The predicted octanol–water partition coefficient (Wildman–Crippen LogP) is 2.63. The van der Waals surface area contributed by atoms with E-state index in [1.807, 2.05) is 12.1 Å². The number of hydrogen-bond donors (Lipinski definition) is 2. The summed E-state index contributed by atoms with van der Waals surface area (Å²) in [5, 5.41) is 5.40. The number of carbonyl (C=O) groups excluding carboxylic acids is 2. The van der Waals surface area contributed by atoms with Gasteiger partial charge in [0.15, 0.2) is 0 Å². The molecule has 0 heterocycles. The number of hydrogen-bond acceptors (Lipinski definition) is 2. The minimum absolute atomic E-state index is 0.0174. The second-order valence-electron chi connectivity index (χ2n) is 6.21. The molecule has 0 aromatic heterocycles. The van der Waals surface area contributed by atoms with E-state index >= 15 is 0 Å². The Morgan fingerprint density at radius 3 is 2.19 bits per heavy atom. The highest BCUT2D eigenvalue weighted by atomic mass is 16.2. The summed E-state index contributed by atoms with van der Waals surface area (Å²) in [5.74, 6) is -0.371. The molecule has 21 heavy (non-hydrogen) atoms. The van der Waals surface area contributed by atoms with Gasteiger partial charge in [-0.25, -0.2) is 0 Å². The normalized spacial score (nSPS) is 11.0. The molecular formula is C17H26N2O2. The van der Waals surface area contributed by atoms with Gasteiger partial charge >= 0.3 is 0 Å². The molecule has 0 radical (unpaired) electrons. The Morgan fingerprint density at radius 1 is 1.05 bits per heavy atom. The molecule has 116 valence electrons. The molecule has 2 amide bonds. The zero-order chi connectivity index (χ0) is 15.9. The van der Waals surface area contributed by atoms with Crippen molar-refractivity contribution in [3.8, 4) is 0 Å². The van der Waals surface area contributed by atoms with Crippen molar-refractivity contribution in [2.24, 2.45) is 0 Å². The van der Waals surface area contributed by atoms with E-state index in [4.69, 9.17) is 0 Å². The van der Waals surface area contributed by atoms with E-state index in [1.54, 1.807) is 12.1 Å². The fraction of sp³-hybridized carbons (Fsp3) is 0.529.